The Balaban J connectivity index is 2.35. The molecule has 0 aliphatic carbocycles. The second-order valence-electron chi connectivity index (χ2n) is 5.57. The first-order valence-corrected chi connectivity index (χ1v) is 9.76. The van der Waals surface area contributed by atoms with Gasteiger partial charge in [0.2, 0.25) is 10.0 Å². The fourth-order valence-corrected chi connectivity index (χ4v) is 3.93. The number of likely N-dealkylation sites (N-methyl/N-ethyl adjacent to an activating group) is 1. The van der Waals surface area contributed by atoms with E-state index in [4.69, 9.17) is 16.3 Å². The highest BCUT2D eigenvalue weighted by Crippen LogP contribution is 2.24. The maximum atomic E-state index is 12.8. The minimum atomic E-state index is -3.99. The fourth-order valence-electron chi connectivity index (χ4n) is 2.49. The van der Waals surface area contributed by atoms with E-state index in [1.54, 1.807) is 24.3 Å². The Morgan fingerprint density at radius 3 is 2.38 bits per heavy atom. The molecule has 2 aromatic carbocycles. The summed E-state index contributed by atoms with van der Waals surface area (Å²) in [6.45, 7) is 2.25. The number of carboxylic acid groups (broad SMARTS) is 1. The molecular formula is C18H20ClNO5S. The Morgan fingerprint density at radius 2 is 1.81 bits per heavy atom. The third kappa shape index (κ3) is 4.55. The highest BCUT2D eigenvalue weighted by Gasteiger charge is 2.33. The van der Waals surface area contributed by atoms with Gasteiger partial charge in [0.1, 0.15) is 11.8 Å². The van der Waals surface area contributed by atoms with Crippen LogP contribution in [0.1, 0.15) is 12.5 Å². The van der Waals surface area contributed by atoms with Crippen LogP contribution in [0.5, 0.6) is 5.75 Å². The molecule has 0 saturated heterocycles. The highest BCUT2D eigenvalue weighted by atomic mass is 35.5. The Hall–Kier alpha value is -2.09. The molecule has 1 atom stereocenters. The average Bonchev–Trinajstić information content (AvgIpc) is 2.60. The van der Waals surface area contributed by atoms with Gasteiger partial charge in [0.15, 0.2) is 0 Å². The first-order valence-electron chi connectivity index (χ1n) is 7.94. The van der Waals surface area contributed by atoms with Gasteiger partial charge in [-0.1, -0.05) is 29.8 Å². The summed E-state index contributed by atoms with van der Waals surface area (Å²) in [5.74, 6) is -0.699. The van der Waals surface area contributed by atoms with Crippen LogP contribution in [0.4, 0.5) is 0 Å². The molecule has 0 saturated carbocycles. The molecule has 1 unspecified atom stereocenters. The standard InChI is InChI=1S/C18H20ClNO5S/c1-3-25-17-7-5-4-6-13(17)12-16(18(21)22)20(2)26(23,24)15-10-8-14(19)9-11-15/h4-11,16H,3,12H2,1-2H3,(H,21,22). The van der Waals surface area contributed by atoms with Gasteiger partial charge in [-0.05, 0) is 42.8 Å². The summed E-state index contributed by atoms with van der Waals surface area (Å²) in [6, 6.07) is 11.3. The predicted octanol–water partition coefficient (Wildman–Crippen LogP) is 3.06. The molecule has 0 aliphatic heterocycles. The van der Waals surface area contributed by atoms with Crippen molar-refractivity contribution in [1.82, 2.24) is 4.31 Å². The topological polar surface area (TPSA) is 83.9 Å². The van der Waals surface area contributed by atoms with E-state index in [0.29, 0.717) is 22.9 Å². The van der Waals surface area contributed by atoms with Crippen molar-refractivity contribution >= 4 is 27.6 Å². The van der Waals surface area contributed by atoms with E-state index in [1.807, 2.05) is 6.92 Å². The zero-order chi connectivity index (χ0) is 19.3. The number of benzene rings is 2. The molecule has 8 heteroatoms. The number of rotatable bonds is 8. The normalized spacial score (nSPS) is 12.8. The van der Waals surface area contributed by atoms with Crippen LogP contribution < -0.4 is 4.74 Å². The van der Waals surface area contributed by atoms with Gasteiger partial charge in [-0.25, -0.2) is 8.42 Å². The van der Waals surface area contributed by atoms with E-state index in [-0.39, 0.29) is 11.3 Å². The van der Waals surface area contributed by atoms with Gasteiger partial charge in [0, 0.05) is 18.5 Å². The first-order chi connectivity index (χ1) is 12.3. The van der Waals surface area contributed by atoms with Crippen molar-refractivity contribution in [3.8, 4) is 5.75 Å². The lowest BCUT2D eigenvalue weighted by atomic mass is 10.1. The number of sulfonamides is 1. The second-order valence-corrected chi connectivity index (χ2v) is 8.01. The van der Waals surface area contributed by atoms with E-state index in [2.05, 4.69) is 0 Å². The van der Waals surface area contributed by atoms with Crippen LogP contribution in [0.25, 0.3) is 0 Å². The van der Waals surface area contributed by atoms with Crippen molar-refractivity contribution in [1.29, 1.82) is 0 Å². The zero-order valence-corrected chi connectivity index (χ0v) is 16.0. The smallest absolute Gasteiger partial charge is 0.322 e. The third-order valence-electron chi connectivity index (χ3n) is 3.90. The molecule has 2 aromatic rings. The number of para-hydroxylation sites is 1. The summed E-state index contributed by atoms with van der Waals surface area (Å²) in [5.41, 5.74) is 0.625. The van der Waals surface area contributed by atoms with Gasteiger partial charge in [-0.3, -0.25) is 4.79 Å². The van der Waals surface area contributed by atoms with Crippen molar-refractivity contribution in [3.05, 3.63) is 59.1 Å². The number of hydrogen-bond donors (Lipinski definition) is 1. The van der Waals surface area contributed by atoms with E-state index < -0.39 is 22.0 Å². The van der Waals surface area contributed by atoms with Gasteiger partial charge >= 0.3 is 5.97 Å². The molecule has 0 amide bonds. The molecule has 0 radical (unpaired) electrons. The predicted molar refractivity (Wildman–Crippen MR) is 99.1 cm³/mol. The third-order valence-corrected chi connectivity index (χ3v) is 6.03. The number of halogens is 1. The molecule has 1 N–H and O–H groups in total. The van der Waals surface area contributed by atoms with Crippen LogP contribution >= 0.6 is 11.6 Å². The lowest BCUT2D eigenvalue weighted by Gasteiger charge is -2.25. The van der Waals surface area contributed by atoms with Crippen LogP contribution in [-0.2, 0) is 21.2 Å². The van der Waals surface area contributed by atoms with Crippen molar-refractivity contribution in [3.63, 3.8) is 0 Å². The van der Waals surface area contributed by atoms with Crippen LogP contribution in [0, 0.1) is 0 Å². The van der Waals surface area contributed by atoms with Gasteiger partial charge in [0.05, 0.1) is 11.5 Å². The van der Waals surface area contributed by atoms with Crippen LogP contribution in [0.2, 0.25) is 5.02 Å². The van der Waals surface area contributed by atoms with Gasteiger partial charge in [-0.2, -0.15) is 4.31 Å². The minimum absolute atomic E-state index is 0.0190. The Kier molecular flexibility index (Phi) is 6.63. The lowest BCUT2D eigenvalue weighted by molar-refractivity contribution is -0.141. The number of aliphatic carboxylic acids is 1. The van der Waals surface area contributed by atoms with Crippen molar-refractivity contribution in [2.45, 2.75) is 24.3 Å². The molecule has 0 bridgehead atoms. The summed E-state index contributed by atoms with van der Waals surface area (Å²) in [5, 5.41) is 10.0. The summed E-state index contributed by atoms with van der Waals surface area (Å²) in [6.07, 6.45) is -0.0190. The number of carbonyl (C=O) groups is 1. The summed E-state index contributed by atoms with van der Waals surface area (Å²) < 4.78 is 31.9. The molecule has 2 rings (SSSR count). The fraction of sp³-hybridized carbons (Fsp3) is 0.278. The lowest BCUT2D eigenvalue weighted by Crippen LogP contribution is -2.43. The Labute approximate surface area is 158 Å². The van der Waals surface area contributed by atoms with Crippen molar-refractivity contribution < 1.29 is 23.1 Å². The largest absolute Gasteiger partial charge is 0.494 e. The van der Waals surface area contributed by atoms with E-state index >= 15 is 0 Å². The maximum Gasteiger partial charge on any atom is 0.322 e. The molecule has 0 aromatic heterocycles. The van der Waals surface area contributed by atoms with Crippen molar-refractivity contribution in [2.24, 2.45) is 0 Å². The minimum Gasteiger partial charge on any atom is -0.494 e. The maximum absolute atomic E-state index is 12.8. The second kappa shape index (κ2) is 8.53. The molecule has 0 aliphatic rings. The first kappa shape index (κ1) is 20.2. The SMILES string of the molecule is CCOc1ccccc1CC(C(=O)O)N(C)S(=O)(=O)c1ccc(Cl)cc1. The number of carboxylic acids is 1. The van der Waals surface area contributed by atoms with Gasteiger partial charge in [-0.15, -0.1) is 0 Å². The van der Waals surface area contributed by atoms with E-state index in [9.17, 15) is 18.3 Å². The van der Waals surface area contributed by atoms with Crippen LogP contribution in [0.3, 0.4) is 0 Å². The van der Waals surface area contributed by atoms with Crippen LogP contribution in [0.15, 0.2) is 53.4 Å². The number of nitrogens with zero attached hydrogens (tertiary/aromatic N) is 1. The highest BCUT2D eigenvalue weighted by molar-refractivity contribution is 7.89. The van der Waals surface area contributed by atoms with E-state index in [1.165, 1.54) is 31.3 Å². The number of hydrogen-bond acceptors (Lipinski definition) is 4. The molecule has 6 nitrogen and oxygen atoms in total. The monoisotopic (exact) mass is 397 g/mol. The van der Waals surface area contributed by atoms with E-state index in [0.717, 1.165) is 4.31 Å². The summed E-state index contributed by atoms with van der Waals surface area (Å²) in [7, 11) is -2.74. The molecule has 140 valence electrons. The number of ether oxygens (including phenoxy) is 1. The Bertz CT molecular complexity index is 867. The summed E-state index contributed by atoms with van der Waals surface area (Å²) >= 11 is 5.79. The molecule has 26 heavy (non-hydrogen) atoms. The summed E-state index contributed by atoms with van der Waals surface area (Å²) in [4.78, 5) is 11.8. The van der Waals surface area contributed by atoms with Gasteiger partial charge < -0.3 is 9.84 Å². The zero-order valence-electron chi connectivity index (χ0n) is 14.4. The average molecular weight is 398 g/mol. The molecule has 0 fully saturated rings. The van der Waals surface area contributed by atoms with Crippen LogP contribution in [-0.4, -0.2) is 43.5 Å². The van der Waals surface area contributed by atoms with Crippen molar-refractivity contribution in [2.75, 3.05) is 13.7 Å². The Morgan fingerprint density at radius 1 is 1.19 bits per heavy atom. The molecule has 0 heterocycles. The quantitative estimate of drug-likeness (QED) is 0.740. The molecule has 0 spiro atoms. The van der Waals surface area contributed by atoms with Gasteiger partial charge in [0.25, 0.3) is 0 Å². The molecular weight excluding hydrogens is 378 g/mol.